The molecular weight excluding hydrogens is 384 g/mol. The number of amides is 1. The van der Waals surface area contributed by atoms with Gasteiger partial charge in [0.1, 0.15) is 23.8 Å². The van der Waals surface area contributed by atoms with Gasteiger partial charge in [0, 0.05) is 29.0 Å². The normalized spacial score (nSPS) is 10.4. The van der Waals surface area contributed by atoms with Crippen molar-refractivity contribution < 1.29 is 4.79 Å². The van der Waals surface area contributed by atoms with E-state index in [1.165, 1.54) is 17.7 Å². The fourth-order valence-corrected chi connectivity index (χ4v) is 3.25. The molecule has 0 unspecified atom stereocenters. The number of thiophene rings is 1. The van der Waals surface area contributed by atoms with Crippen LogP contribution >= 0.6 is 11.3 Å². The minimum absolute atomic E-state index is 0.122. The quantitative estimate of drug-likeness (QED) is 0.421. The molecule has 0 bridgehead atoms. The first-order valence-corrected chi connectivity index (χ1v) is 9.82. The molecule has 4 aromatic rings. The highest BCUT2D eigenvalue weighted by Crippen LogP contribution is 2.21. The Bertz CT molecular complexity index is 1110. The summed E-state index contributed by atoms with van der Waals surface area (Å²) in [5.41, 5.74) is 3.33. The average Bonchev–Trinajstić information content (AvgIpc) is 3.25. The Morgan fingerprint density at radius 2 is 1.59 bits per heavy atom. The molecule has 0 aliphatic heterocycles. The van der Waals surface area contributed by atoms with Crippen LogP contribution in [0.2, 0.25) is 0 Å². The van der Waals surface area contributed by atoms with E-state index in [-0.39, 0.29) is 5.91 Å². The molecule has 0 spiro atoms. The summed E-state index contributed by atoms with van der Waals surface area (Å²) in [7, 11) is 0. The number of pyridine rings is 1. The third-order valence-corrected chi connectivity index (χ3v) is 4.72. The van der Waals surface area contributed by atoms with Gasteiger partial charge in [0.25, 0.3) is 5.91 Å². The third-order valence-electron chi connectivity index (χ3n) is 4.04. The van der Waals surface area contributed by atoms with Crippen LogP contribution in [0.5, 0.6) is 0 Å². The second-order valence-corrected chi connectivity index (χ2v) is 7.08. The van der Waals surface area contributed by atoms with E-state index in [1.54, 1.807) is 18.3 Å². The molecule has 0 aliphatic carbocycles. The standard InChI is InChI=1S/C21H18N6OS/c1-14-6-8-22-18(10-14)27-20-11-19(23-13-24-20)25-16-2-4-17(5-3-16)26-21(28)15-7-9-29-12-15/h2-13H,1H3,(H,26,28)(H2,22,23,24,25,27). The van der Waals surface area contributed by atoms with Gasteiger partial charge in [-0.3, -0.25) is 4.79 Å². The second kappa shape index (κ2) is 8.49. The van der Waals surface area contributed by atoms with Crippen molar-refractivity contribution in [3.63, 3.8) is 0 Å². The van der Waals surface area contributed by atoms with E-state index in [1.807, 2.05) is 54.1 Å². The molecule has 3 aromatic heterocycles. The lowest BCUT2D eigenvalue weighted by atomic mass is 10.2. The maximum atomic E-state index is 12.1. The summed E-state index contributed by atoms with van der Waals surface area (Å²) in [5.74, 6) is 1.88. The molecule has 4 rings (SSSR count). The number of nitrogens with one attached hydrogen (secondary N) is 3. The molecule has 8 heteroatoms. The van der Waals surface area contributed by atoms with Gasteiger partial charge in [-0.05, 0) is 60.3 Å². The van der Waals surface area contributed by atoms with Crippen molar-refractivity contribution >= 4 is 46.1 Å². The Morgan fingerprint density at radius 3 is 2.31 bits per heavy atom. The first-order chi connectivity index (χ1) is 14.2. The Morgan fingerprint density at radius 1 is 0.862 bits per heavy atom. The summed E-state index contributed by atoms with van der Waals surface area (Å²) < 4.78 is 0. The van der Waals surface area contributed by atoms with Crippen LogP contribution in [0, 0.1) is 6.92 Å². The minimum atomic E-state index is -0.122. The van der Waals surface area contributed by atoms with E-state index in [0.717, 1.165) is 22.8 Å². The predicted octanol–water partition coefficient (Wildman–Crippen LogP) is 4.98. The second-order valence-electron chi connectivity index (χ2n) is 6.30. The molecule has 29 heavy (non-hydrogen) atoms. The molecule has 1 amide bonds. The van der Waals surface area contributed by atoms with Crippen LogP contribution in [0.3, 0.4) is 0 Å². The van der Waals surface area contributed by atoms with Crippen LogP contribution in [0.4, 0.5) is 28.8 Å². The SMILES string of the molecule is Cc1ccnc(Nc2cc(Nc3ccc(NC(=O)c4ccsc4)cc3)ncn2)c1. The van der Waals surface area contributed by atoms with Crippen molar-refractivity contribution in [1.29, 1.82) is 0 Å². The molecule has 0 atom stereocenters. The fourth-order valence-electron chi connectivity index (χ4n) is 2.61. The van der Waals surface area contributed by atoms with Gasteiger partial charge in [-0.25, -0.2) is 15.0 Å². The third kappa shape index (κ3) is 4.94. The molecule has 144 valence electrons. The molecule has 3 heterocycles. The molecule has 0 saturated carbocycles. The Balaban J connectivity index is 1.41. The molecule has 3 N–H and O–H groups in total. The van der Waals surface area contributed by atoms with Gasteiger partial charge in [-0.2, -0.15) is 11.3 Å². The van der Waals surface area contributed by atoms with Crippen LogP contribution in [0.1, 0.15) is 15.9 Å². The zero-order valence-corrected chi connectivity index (χ0v) is 16.4. The molecule has 0 radical (unpaired) electrons. The molecule has 7 nitrogen and oxygen atoms in total. The highest BCUT2D eigenvalue weighted by atomic mass is 32.1. The van der Waals surface area contributed by atoms with Gasteiger partial charge in [0.2, 0.25) is 0 Å². The van der Waals surface area contributed by atoms with Crippen molar-refractivity contribution in [2.24, 2.45) is 0 Å². The number of hydrogen-bond acceptors (Lipinski definition) is 7. The van der Waals surface area contributed by atoms with Crippen LogP contribution in [0.15, 0.2) is 71.8 Å². The monoisotopic (exact) mass is 402 g/mol. The average molecular weight is 402 g/mol. The summed E-state index contributed by atoms with van der Waals surface area (Å²) in [4.78, 5) is 24.9. The lowest BCUT2D eigenvalue weighted by molar-refractivity contribution is 0.102. The maximum absolute atomic E-state index is 12.1. The van der Waals surface area contributed by atoms with Gasteiger partial charge in [-0.15, -0.1) is 0 Å². The van der Waals surface area contributed by atoms with E-state index >= 15 is 0 Å². The fraction of sp³-hybridized carbons (Fsp3) is 0.0476. The van der Waals surface area contributed by atoms with Crippen LogP contribution < -0.4 is 16.0 Å². The van der Waals surface area contributed by atoms with Gasteiger partial charge in [0.05, 0.1) is 5.56 Å². The topological polar surface area (TPSA) is 91.8 Å². The van der Waals surface area contributed by atoms with Crippen LogP contribution in [0.25, 0.3) is 0 Å². The highest BCUT2D eigenvalue weighted by Gasteiger charge is 2.06. The summed E-state index contributed by atoms with van der Waals surface area (Å²) in [6, 6.07) is 14.9. The van der Waals surface area contributed by atoms with Crippen molar-refractivity contribution in [1.82, 2.24) is 15.0 Å². The summed E-state index contributed by atoms with van der Waals surface area (Å²) in [6.45, 7) is 2.01. The number of aromatic nitrogens is 3. The van der Waals surface area contributed by atoms with Crippen molar-refractivity contribution in [3.05, 3.63) is 82.9 Å². The number of rotatable bonds is 6. The van der Waals surface area contributed by atoms with Crippen molar-refractivity contribution in [2.45, 2.75) is 6.92 Å². The first-order valence-electron chi connectivity index (χ1n) is 8.88. The molecule has 0 aliphatic rings. The lowest BCUT2D eigenvalue weighted by Crippen LogP contribution is -2.10. The molecular formula is C21H18N6OS. The van der Waals surface area contributed by atoms with E-state index < -0.39 is 0 Å². The number of benzene rings is 1. The largest absolute Gasteiger partial charge is 0.340 e. The van der Waals surface area contributed by atoms with E-state index in [4.69, 9.17) is 0 Å². The number of hydrogen-bond donors (Lipinski definition) is 3. The lowest BCUT2D eigenvalue weighted by Gasteiger charge is -2.09. The Hall–Kier alpha value is -3.78. The van der Waals surface area contributed by atoms with Crippen LogP contribution in [-0.4, -0.2) is 20.9 Å². The van der Waals surface area contributed by atoms with Crippen LogP contribution in [-0.2, 0) is 0 Å². The smallest absolute Gasteiger partial charge is 0.256 e. The van der Waals surface area contributed by atoms with E-state index in [9.17, 15) is 4.79 Å². The van der Waals surface area contributed by atoms with Gasteiger partial charge in [-0.1, -0.05) is 0 Å². The highest BCUT2D eigenvalue weighted by molar-refractivity contribution is 7.08. The molecule has 0 fully saturated rings. The Kier molecular flexibility index (Phi) is 5.44. The van der Waals surface area contributed by atoms with E-state index in [2.05, 4.69) is 30.9 Å². The van der Waals surface area contributed by atoms with E-state index in [0.29, 0.717) is 17.2 Å². The molecule has 0 saturated heterocycles. The zero-order chi connectivity index (χ0) is 20.1. The molecule has 1 aromatic carbocycles. The zero-order valence-electron chi connectivity index (χ0n) is 15.6. The number of nitrogens with zero attached hydrogens (tertiary/aromatic N) is 3. The van der Waals surface area contributed by atoms with Gasteiger partial charge >= 0.3 is 0 Å². The first kappa shape index (κ1) is 18.6. The predicted molar refractivity (Wildman–Crippen MR) is 116 cm³/mol. The number of carbonyl (C=O) groups is 1. The van der Waals surface area contributed by atoms with Crippen molar-refractivity contribution in [3.8, 4) is 0 Å². The summed E-state index contributed by atoms with van der Waals surface area (Å²) >= 11 is 1.49. The van der Waals surface area contributed by atoms with Crippen molar-refractivity contribution in [2.75, 3.05) is 16.0 Å². The minimum Gasteiger partial charge on any atom is -0.340 e. The summed E-state index contributed by atoms with van der Waals surface area (Å²) in [6.07, 6.45) is 3.23. The number of carbonyl (C=O) groups excluding carboxylic acids is 1. The number of aryl methyl sites for hydroxylation is 1. The summed E-state index contributed by atoms with van der Waals surface area (Å²) in [5, 5.41) is 13.0. The van der Waals surface area contributed by atoms with Gasteiger partial charge < -0.3 is 16.0 Å². The number of anilines is 5. The van der Waals surface area contributed by atoms with Gasteiger partial charge in [0.15, 0.2) is 0 Å². The maximum Gasteiger partial charge on any atom is 0.256 e. The Labute approximate surface area is 171 Å².